The fraction of sp³-hybridized carbons (Fsp3) is 0.714. The third kappa shape index (κ3) is 2.78. The lowest BCUT2D eigenvalue weighted by atomic mass is 9.95. The lowest BCUT2D eigenvalue weighted by Crippen LogP contribution is -2.36. The van der Waals surface area contributed by atoms with Gasteiger partial charge in [0.1, 0.15) is 5.02 Å². The third-order valence-electron chi connectivity index (χ3n) is 4.07. The van der Waals surface area contributed by atoms with Crippen LogP contribution in [0, 0.1) is 5.92 Å². The smallest absolute Gasteiger partial charge is 0.287 e. The van der Waals surface area contributed by atoms with Crippen LogP contribution in [-0.4, -0.2) is 22.4 Å². The largest absolute Gasteiger partial charge is 0.366 e. The van der Waals surface area contributed by atoms with Crippen molar-refractivity contribution in [2.24, 2.45) is 13.0 Å². The molecule has 1 aromatic rings. The zero-order chi connectivity index (χ0) is 14.0. The van der Waals surface area contributed by atoms with Gasteiger partial charge in [0.2, 0.25) is 0 Å². The number of aryl methyl sites for hydroxylation is 1. The minimum atomic E-state index is -0.215. The molecule has 106 valence electrons. The summed E-state index contributed by atoms with van der Waals surface area (Å²) in [5.74, 6) is 0.618. The molecule has 0 saturated carbocycles. The highest BCUT2D eigenvalue weighted by Crippen LogP contribution is 2.33. The Morgan fingerprint density at radius 1 is 1.58 bits per heavy atom. The standard InChI is InChI=1S/C14H22ClN3O/c1-4-6-10(2)11-7-5-8-18(11)12-9-16-17(3)14(19)13(12)15/h9-11H,4-8H2,1-3H3. The highest BCUT2D eigenvalue weighted by Gasteiger charge is 2.31. The van der Waals surface area contributed by atoms with Gasteiger partial charge < -0.3 is 4.90 Å². The van der Waals surface area contributed by atoms with Gasteiger partial charge in [-0.15, -0.1) is 0 Å². The first-order chi connectivity index (χ1) is 9.06. The number of rotatable bonds is 4. The first kappa shape index (κ1) is 14.4. The summed E-state index contributed by atoms with van der Waals surface area (Å²) in [6.45, 7) is 5.46. The van der Waals surface area contributed by atoms with Gasteiger partial charge in [-0.05, 0) is 25.2 Å². The number of nitrogens with zero attached hydrogens (tertiary/aromatic N) is 3. The topological polar surface area (TPSA) is 38.1 Å². The minimum absolute atomic E-state index is 0.215. The summed E-state index contributed by atoms with van der Waals surface area (Å²) in [6.07, 6.45) is 6.45. The number of halogens is 1. The summed E-state index contributed by atoms with van der Waals surface area (Å²) < 4.78 is 1.28. The van der Waals surface area contributed by atoms with Gasteiger partial charge in [0.25, 0.3) is 5.56 Å². The predicted octanol–water partition coefficient (Wildman–Crippen LogP) is 2.84. The van der Waals surface area contributed by atoms with Crippen LogP contribution in [0.4, 0.5) is 5.69 Å². The summed E-state index contributed by atoms with van der Waals surface area (Å²) in [4.78, 5) is 14.2. The monoisotopic (exact) mass is 283 g/mol. The van der Waals surface area contributed by atoms with Gasteiger partial charge in [-0.2, -0.15) is 5.10 Å². The molecule has 0 aromatic carbocycles. The Balaban J connectivity index is 2.30. The van der Waals surface area contributed by atoms with Crippen LogP contribution < -0.4 is 10.5 Å². The fourth-order valence-corrected chi connectivity index (χ4v) is 3.31. The lowest BCUT2D eigenvalue weighted by molar-refractivity contribution is 0.421. The van der Waals surface area contributed by atoms with E-state index >= 15 is 0 Å². The highest BCUT2D eigenvalue weighted by molar-refractivity contribution is 6.33. The van der Waals surface area contributed by atoms with Crippen molar-refractivity contribution in [2.45, 2.75) is 45.6 Å². The first-order valence-corrected chi connectivity index (χ1v) is 7.42. The van der Waals surface area contributed by atoms with E-state index in [0.717, 1.165) is 18.7 Å². The third-order valence-corrected chi connectivity index (χ3v) is 4.42. The van der Waals surface area contributed by atoms with E-state index in [2.05, 4.69) is 23.8 Å². The number of hydrogen-bond donors (Lipinski definition) is 0. The van der Waals surface area contributed by atoms with Crippen molar-refractivity contribution in [2.75, 3.05) is 11.4 Å². The van der Waals surface area contributed by atoms with Crippen LogP contribution in [0.5, 0.6) is 0 Å². The van der Waals surface area contributed by atoms with Crippen LogP contribution in [-0.2, 0) is 7.05 Å². The Hall–Kier alpha value is -1.03. The van der Waals surface area contributed by atoms with Crippen LogP contribution in [0.15, 0.2) is 11.0 Å². The molecule has 1 aromatic heterocycles. The Morgan fingerprint density at radius 2 is 2.32 bits per heavy atom. The Labute approximate surface area is 119 Å². The van der Waals surface area contributed by atoms with Crippen molar-refractivity contribution in [3.63, 3.8) is 0 Å². The Bertz CT molecular complexity index is 500. The molecule has 0 N–H and O–H groups in total. The summed E-state index contributed by atoms with van der Waals surface area (Å²) in [5, 5.41) is 4.40. The summed E-state index contributed by atoms with van der Waals surface area (Å²) in [5.41, 5.74) is 0.586. The van der Waals surface area contributed by atoms with E-state index in [4.69, 9.17) is 11.6 Å². The lowest BCUT2D eigenvalue weighted by Gasteiger charge is -2.31. The number of aromatic nitrogens is 2. The summed E-state index contributed by atoms with van der Waals surface area (Å²) >= 11 is 6.21. The quantitative estimate of drug-likeness (QED) is 0.853. The van der Waals surface area contributed by atoms with Gasteiger partial charge in [-0.25, -0.2) is 4.68 Å². The van der Waals surface area contributed by atoms with E-state index in [1.54, 1.807) is 13.2 Å². The average Bonchev–Trinajstić information content (AvgIpc) is 2.85. The maximum atomic E-state index is 11.9. The number of hydrogen-bond acceptors (Lipinski definition) is 3. The maximum absolute atomic E-state index is 11.9. The predicted molar refractivity (Wildman–Crippen MR) is 78.9 cm³/mol. The normalized spacial score (nSPS) is 20.8. The van der Waals surface area contributed by atoms with E-state index in [1.165, 1.54) is 23.9 Å². The molecule has 0 aliphatic carbocycles. The van der Waals surface area contributed by atoms with E-state index in [1.807, 2.05) is 0 Å². The zero-order valence-electron chi connectivity index (χ0n) is 11.9. The van der Waals surface area contributed by atoms with E-state index in [-0.39, 0.29) is 5.56 Å². The molecule has 0 spiro atoms. The van der Waals surface area contributed by atoms with Gasteiger partial charge in [0.05, 0.1) is 11.9 Å². The van der Waals surface area contributed by atoms with Crippen LogP contribution >= 0.6 is 11.6 Å². The van der Waals surface area contributed by atoms with Gasteiger partial charge in [0.15, 0.2) is 0 Å². The van der Waals surface area contributed by atoms with E-state index in [0.29, 0.717) is 17.0 Å². The van der Waals surface area contributed by atoms with Crippen molar-refractivity contribution >= 4 is 17.3 Å². The highest BCUT2D eigenvalue weighted by atomic mass is 35.5. The molecular weight excluding hydrogens is 262 g/mol. The first-order valence-electron chi connectivity index (χ1n) is 7.04. The SMILES string of the molecule is CCCC(C)C1CCCN1c1cnn(C)c(=O)c1Cl. The van der Waals surface area contributed by atoms with Gasteiger partial charge in [-0.3, -0.25) is 4.79 Å². The molecule has 2 heterocycles. The second-order valence-corrected chi connectivity index (χ2v) is 5.82. The average molecular weight is 284 g/mol. The second kappa shape index (κ2) is 5.95. The molecule has 2 unspecified atom stereocenters. The van der Waals surface area contributed by atoms with Crippen LogP contribution in [0.2, 0.25) is 5.02 Å². The molecule has 19 heavy (non-hydrogen) atoms. The fourth-order valence-electron chi connectivity index (χ4n) is 3.03. The van der Waals surface area contributed by atoms with Crippen LogP contribution in [0.25, 0.3) is 0 Å². The minimum Gasteiger partial charge on any atom is -0.366 e. The molecule has 4 nitrogen and oxygen atoms in total. The van der Waals surface area contributed by atoms with Crippen LogP contribution in [0.1, 0.15) is 39.5 Å². The Kier molecular flexibility index (Phi) is 4.50. The van der Waals surface area contributed by atoms with Gasteiger partial charge in [0, 0.05) is 19.6 Å². The van der Waals surface area contributed by atoms with Crippen molar-refractivity contribution in [3.05, 3.63) is 21.6 Å². The summed E-state index contributed by atoms with van der Waals surface area (Å²) in [7, 11) is 1.62. The van der Waals surface area contributed by atoms with Crippen molar-refractivity contribution in [1.29, 1.82) is 0 Å². The molecular formula is C14H22ClN3O. The van der Waals surface area contributed by atoms with Gasteiger partial charge >= 0.3 is 0 Å². The van der Waals surface area contributed by atoms with Crippen molar-refractivity contribution in [3.8, 4) is 0 Å². The van der Waals surface area contributed by atoms with Crippen LogP contribution in [0.3, 0.4) is 0 Å². The molecule has 2 atom stereocenters. The summed E-state index contributed by atoms with van der Waals surface area (Å²) in [6, 6.07) is 0.478. The van der Waals surface area contributed by atoms with Gasteiger partial charge in [-0.1, -0.05) is 31.9 Å². The van der Waals surface area contributed by atoms with E-state index in [9.17, 15) is 4.79 Å². The molecule has 5 heteroatoms. The molecule has 0 radical (unpaired) electrons. The molecule has 1 aliphatic rings. The molecule has 1 fully saturated rings. The molecule has 0 amide bonds. The second-order valence-electron chi connectivity index (χ2n) is 5.44. The molecule has 0 bridgehead atoms. The van der Waals surface area contributed by atoms with E-state index < -0.39 is 0 Å². The maximum Gasteiger partial charge on any atom is 0.287 e. The molecule has 1 aliphatic heterocycles. The van der Waals surface area contributed by atoms with Crippen molar-refractivity contribution in [1.82, 2.24) is 9.78 Å². The Morgan fingerprint density at radius 3 is 3.00 bits per heavy atom. The number of anilines is 1. The molecule has 2 rings (SSSR count). The van der Waals surface area contributed by atoms with Crippen molar-refractivity contribution < 1.29 is 0 Å². The molecule has 1 saturated heterocycles. The zero-order valence-corrected chi connectivity index (χ0v) is 12.7.